The number of ether oxygens (including phenoxy) is 1. The van der Waals surface area contributed by atoms with E-state index in [1.54, 1.807) is 22.9 Å². The number of nitrogens with zero attached hydrogens (tertiary/aromatic N) is 2. The van der Waals surface area contributed by atoms with E-state index in [0.29, 0.717) is 22.0 Å². The molecule has 0 aliphatic carbocycles. The Morgan fingerprint density at radius 1 is 1.28 bits per heavy atom. The molecule has 2 N–H and O–H groups in total. The Morgan fingerprint density at radius 3 is 2.69 bits per heavy atom. The Kier molecular flexibility index (Phi) is 5.84. The number of hydrogen-bond acceptors (Lipinski definition) is 5. The summed E-state index contributed by atoms with van der Waals surface area (Å²) in [5.74, 6) is -1.19. The minimum atomic E-state index is -0.631. The van der Waals surface area contributed by atoms with Gasteiger partial charge in [-0.15, -0.1) is 0 Å². The maximum atomic E-state index is 12.9. The molecule has 0 unspecified atom stereocenters. The maximum Gasteiger partial charge on any atom is 0.339 e. The Hall–Kier alpha value is -3.39. The molecule has 0 aliphatic heterocycles. The molecule has 1 aromatic carbocycles. The highest BCUT2D eigenvalue weighted by Gasteiger charge is 2.22. The number of pyridine rings is 1. The Bertz CT molecular complexity index is 1130. The molecule has 0 atom stereocenters. The van der Waals surface area contributed by atoms with Crippen molar-refractivity contribution in [1.82, 2.24) is 14.8 Å². The van der Waals surface area contributed by atoms with E-state index < -0.39 is 17.4 Å². The summed E-state index contributed by atoms with van der Waals surface area (Å²) in [6.07, 6.45) is 2.66. The molecule has 0 bridgehead atoms. The molecule has 2 heterocycles. The van der Waals surface area contributed by atoms with Crippen molar-refractivity contribution in [3.63, 3.8) is 0 Å². The SMILES string of the molecule is COC(=O)c1c[nH]c(=O)c(NC(=O)c2cnn(-c3cccc(Cl)c3)c2C(C)C)c1. The molecule has 0 saturated carbocycles. The third-order valence-corrected chi connectivity index (χ3v) is 4.46. The first-order chi connectivity index (χ1) is 13.8. The van der Waals surface area contributed by atoms with Gasteiger partial charge < -0.3 is 15.0 Å². The number of benzene rings is 1. The molecule has 0 saturated heterocycles. The van der Waals surface area contributed by atoms with E-state index in [1.165, 1.54) is 25.6 Å². The third kappa shape index (κ3) is 4.22. The summed E-state index contributed by atoms with van der Waals surface area (Å²) < 4.78 is 6.27. The van der Waals surface area contributed by atoms with E-state index in [4.69, 9.17) is 11.6 Å². The van der Waals surface area contributed by atoms with E-state index >= 15 is 0 Å². The number of carbonyl (C=O) groups is 2. The number of aromatic amines is 1. The number of rotatable bonds is 5. The normalized spacial score (nSPS) is 10.8. The lowest BCUT2D eigenvalue weighted by molar-refractivity contribution is 0.0600. The molecule has 8 nitrogen and oxygen atoms in total. The second-order valence-corrected chi connectivity index (χ2v) is 7.00. The van der Waals surface area contributed by atoms with E-state index in [1.807, 2.05) is 19.9 Å². The number of hydrogen-bond donors (Lipinski definition) is 2. The number of anilines is 1. The minimum absolute atomic E-state index is 0.0445. The molecule has 2 aromatic heterocycles. The van der Waals surface area contributed by atoms with Crippen LogP contribution < -0.4 is 10.9 Å². The first-order valence-corrected chi connectivity index (χ1v) is 9.16. The van der Waals surface area contributed by atoms with Crippen molar-refractivity contribution in [1.29, 1.82) is 0 Å². The number of esters is 1. The van der Waals surface area contributed by atoms with Crippen molar-refractivity contribution in [3.8, 4) is 5.69 Å². The fourth-order valence-corrected chi connectivity index (χ4v) is 3.09. The summed E-state index contributed by atoms with van der Waals surface area (Å²) >= 11 is 6.08. The second-order valence-electron chi connectivity index (χ2n) is 6.57. The highest BCUT2D eigenvalue weighted by molar-refractivity contribution is 6.30. The summed E-state index contributed by atoms with van der Waals surface area (Å²) in [5.41, 5.74) is 1.18. The number of amides is 1. The fraction of sp³-hybridized carbons (Fsp3) is 0.200. The van der Waals surface area contributed by atoms with Gasteiger partial charge in [0, 0.05) is 11.2 Å². The number of H-pyrrole nitrogens is 1. The fourth-order valence-electron chi connectivity index (χ4n) is 2.90. The molecule has 3 rings (SSSR count). The van der Waals surface area contributed by atoms with Crippen LogP contribution in [0.2, 0.25) is 5.02 Å². The number of aromatic nitrogens is 3. The predicted octanol–water partition coefficient (Wildman–Crippen LogP) is 3.38. The van der Waals surface area contributed by atoms with Gasteiger partial charge in [0.25, 0.3) is 11.5 Å². The molecule has 0 spiro atoms. The van der Waals surface area contributed by atoms with Crippen LogP contribution in [0.3, 0.4) is 0 Å². The summed E-state index contributed by atoms with van der Waals surface area (Å²) in [7, 11) is 1.23. The van der Waals surface area contributed by atoms with E-state index in [0.717, 1.165) is 0 Å². The zero-order valence-electron chi connectivity index (χ0n) is 16.0. The molecule has 29 heavy (non-hydrogen) atoms. The van der Waals surface area contributed by atoms with Crippen molar-refractivity contribution < 1.29 is 14.3 Å². The molecule has 9 heteroatoms. The topological polar surface area (TPSA) is 106 Å². The second kappa shape index (κ2) is 8.32. The minimum Gasteiger partial charge on any atom is -0.465 e. The zero-order valence-corrected chi connectivity index (χ0v) is 16.8. The smallest absolute Gasteiger partial charge is 0.339 e. The lowest BCUT2D eigenvalue weighted by atomic mass is 10.0. The van der Waals surface area contributed by atoms with Gasteiger partial charge in [-0.25, -0.2) is 9.48 Å². The summed E-state index contributed by atoms with van der Waals surface area (Å²) in [5, 5.41) is 7.42. The number of methoxy groups -OCH3 is 1. The van der Waals surface area contributed by atoms with Crippen molar-refractivity contribution in [2.75, 3.05) is 12.4 Å². The third-order valence-electron chi connectivity index (χ3n) is 4.22. The lowest BCUT2D eigenvalue weighted by Gasteiger charge is -2.13. The highest BCUT2D eigenvalue weighted by atomic mass is 35.5. The van der Waals surface area contributed by atoms with Crippen molar-refractivity contribution >= 4 is 29.2 Å². The van der Waals surface area contributed by atoms with Crippen LogP contribution in [0.15, 0.2) is 47.5 Å². The van der Waals surface area contributed by atoms with Crippen molar-refractivity contribution in [2.45, 2.75) is 19.8 Å². The van der Waals surface area contributed by atoms with Crippen molar-refractivity contribution in [2.24, 2.45) is 0 Å². The average Bonchev–Trinajstić information content (AvgIpc) is 3.14. The van der Waals surface area contributed by atoms with E-state index in [2.05, 4.69) is 20.1 Å². The summed E-state index contributed by atoms with van der Waals surface area (Å²) in [6, 6.07) is 8.38. The number of nitrogens with one attached hydrogen (secondary N) is 2. The van der Waals surface area contributed by atoms with Gasteiger partial charge >= 0.3 is 5.97 Å². The largest absolute Gasteiger partial charge is 0.465 e. The van der Waals surface area contributed by atoms with Gasteiger partial charge in [0.2, 0.25) is 0 Å². The highest BCUT2D eigenvalue weighted by Crippen LogP contribution is 2.25. The van der Waals surface area contributed by atoms with Gasteiger partial charge in [-0.1, -0.05) is 31.5 Å². The number of halogens is 1. The standard InChI is InChI=1S/C20H19ClN4O4/c1-11(2)17-15(10-23-25(17)14-6-4-5-13(21)8-14)18(26)24-16-7-12(20(28)29-3)9-22-19(16)27/h4-11H,1-3H3,(H,22,27)(H,24,26). The predicted molar refractivity (Wildman–Crippen MR) is 109 cm³/mol. The Labute approximate surface area is 171 Å². The van der Waals surface area contributed by atoms with Crippen LogP contribution in [0.25, 0.3) is 5.69 Å². The molecular weight excluding hydrogens is 396 g/mol. The van der Waals surface area contributed by atoms with E-state index in [-0.39, 0.29) is 17.2 Å². The van der Waals surface area contributed by atoms with Crippen LogP contribution in [0.1, 0.15) is 46.2 Å². The van der Waals surface area contributed by atoms with Crippen LogP contribution >= 0.6 is 11.6 Å². The Balaban J connectivity index is 1.99. The van der Waals surface area contributed by atoms with Gasteiger partial charge in [-0.2, -0.15) is 5.10 Å². The molecule has 1 amide bonds. The lowest BCUT2D eigenvalue weighted by Crippen LogP contribution is -2.22. The van der Waals surface area contributed by atoms with Gasteiger partial charge in [0.15, 0.2) is 0 Å². The van der Waals surface area contributed by atoms with Crippen LogP contribution in [0.4, 0.5) is 5.69 Å². The molecule has 3 aromatic rings. The number of carbonyl (C=O) groups excluding carboxylic acids is 2. The van der Waals surface area contributed by atoms with Crippen LogP contribution in [-0.2, 0) is 4.74 Å². The first kappa shape index (κ1) is 20.3. The average molecular weight is 415 g/mol. The van der Waals surface area contributed by atoms with Gasteiger partial charge in [-0.05, 0) is 30.2 Å². The van der Waals surface area contributed by atoms with Gasteiger partial charge in [-0.3, -0.25) is 9.59 Å². The summed E-state index contributed by atoms with van der Waals surface area (Å²) in [6.45, 7) is 3.86. The Morgan fingerprint density at radius 2 is 2.03 bits per heavy atom. The summed E-state index contributed by atoms with van der Waals surface area (Å²) in [4.78, 5) is 39.1. The van der Waals surface area contributed by atoms with Crippen LogP contribution in [0.5, 0.6) is 0 Å². The molecular formula is C20H19ClN4O4. The quantitative estimate of drug-likeness (QED) is 0.622. The zero-order chi connectivity index (χ0) is 21.1. The molecule has 0 radical (unpaired) electrons. The van der Waals surface area contributed by atoms with Crippen LogP contribution in [-0.4, -0.2) is 33.8 Å². The molecule has 150 valence electrons. The van der Waals surface area contributed by atoms with Gasteiger partial charge in [0.05, 0.1) is 35.8 Å². The van der Waals surface area contributed by atoms with E-state index in [9.17, 15) is 14.4 Å². The first-order valence-electron chi connectivity index (χ1n) is 8.78. The molecule has 0 aliphatic rings. The van der Waals surface area contributed by atoms with Crippen LogP contribution in [0, 0.1) is 0 Å². The molecule has 0 fully saturated rings. The van der Waals surface area contributed by atoms with Gasteiger partial charge in [0.1, 0.15) is 5.69 Å². The maximum absolute atomic E-state index is 12.9. The van der Waals surface area contributed by atoms with Crippen molar-refractivity contribution in [3.05, 3.63) is 74.9 Å². The monoisotopic (exact) mass is 414 g/mol.